The Kier molecular flexibility index (Phi) is 9.16. The standard InChI is InChI=1S/C33H36N8O2/c1-42-28-7-2-5-26(21-28)32-36-23-31(38-32)30-11-14-35-33(39-30)37-27-6-3-8-29(22-27)43-20-4-15-40-16-18-41(19-17-40)24-25-9-12-34-13-10-25/h2-3,5-14,21-23H,4,15-20,24H2,1H3,(H,36,38)(H,35,37,39). The number of piperazine rings is 1. The molecule has 2 N–H and O–H groups in total. The van der Waals surface area contributed by atoms with Crippen molar-refractivity contribution in [2.75, 3.05) is 51.8 Å². The average Bonchev–Trinajstić information content (AvgIpc) is 3.56. The lowest BCUT2D eigenvalue weighted by atomic mass is 10.2. The molecule has 4 heterocycles. The fourth-order valence-corrected chi connectivity index (χ4v) is 5.13. The second kappa shape index (κ2) is 13.9. The van der Waals surface area contributed by atoms with Gasteiger partial charge in [0, 0.05) is 75.2 Å². The monoisotopic (exact) mass is 576 g/mol. The predicted molar refractivity (Wildman–Crippen MR) is 167 cm³/mol. The molecule has 0 bridgehead atoms. The molecule has 10 heteroatoms. The number of anilines is 2. The Bertz CT molecular complexity index is 1600. The zero-order valence-electron chi connectivity index (χ0n) is 24.3. The molecule has 43 heavy (non-hydrogen) atoms. The van der Waals surface area contributed by atoms with Crippen molar-refractivity contribution in [1.82, 2.24) is 34.7 Å². The molecular formula is C33H36N8O2. The van der Waals surface area contributed by atoms with Crippen LogP contribution in [0.5, 0.6) is 11.5 Å². The first-order chi connectivity index (χ1) is 21.2. The van der Waals surface area contributed by atoms with E-state index in [1.807, 2.05) is 67.0 Å². The summed E-state index contributed by atoms with van der Waals surface area (Å²) in [4.78, 5) is 26.1. The van der Waals surface area contributed by atoms with E-state index in [1.54, 1.807) is 19.5 Å². The second-order valence-corrected chi connectivity index (χ2v) is 10.5. The van der Waals surface area contributed by atoms with Crippen LogP contribution >= 0.6 is 0 Å². The van der Waals surface area contributed by atoms with Crippen molar-refractivity contribution >= 4 is 11.6 Å². The van der Waals surface area contributed by atoms with E-state index in [4.69, 9.17) is 14.5 Å². The number of benzene rings is 2. The Morgan fingerprint density at radius 1 is 0.860 bits per heavy atom. The normalized spacial score (nSPS) is 14.0. The van der Waals surface area contributed by atoms with Gasteiger partial charge in [0.25, 0.3) is 0 Å². The third kappa shape index (κ3) is 7.73. The first-order valence-corrected chi connectivity index (χ1v) is 14.6. The summed E-state index contributed by atoms with van der Waals surface area (Å²) in [5.41, 5.74) is 4.67. The van der Waals surface area contributed by atoms with Gasteiger partial charge in [-0.2, -0.15) is 0 Å². The van der Waals surface area contributed by atoms with Gasteiger partial charge in [0.05, 0.1) is 31.3 Å². The lowest BCUT2D eigenvalue weighted by Crippen LogP contribution is -2.46. The van der Waals surface area contributed by atoms with Crippen LogP contribution in [0.3, 0.4) is 0 Å². The topological polar surface area (TPSA) is 104 Å². The van der Waals surface area contributed by atoms with Crippen LogP contribution in [-0.4, -0.2) is 81.2 Å². The maximum absolute atomic E-state index is 6.08. The summed E-state index contributed by atoms with van der Waals surface area (Å²) in [6.07, 6.45) is 8.22. The first kappa shape index (κ1) is 28.3. The van der Waals surface area contributed by atoms with Gasteiger partial charge in [0.1, 0.15) is 17.3 Å². The molecule has 220 valence electrons. The maximum atomic E-state index is 6.08. The van der Waals surface area contributed by atoms with Gasteiger partial charge >= 0.3 is 0 Å². The molecule has 6 rings (SSSR count). The van der Waals surface area contributed by atoms with Crippen LogP contribution in [-0.2, 0) is 6.54 Å². The molecule has 0 unspecified atom stereocenters. The number of nitrogens with zero attached hydrogens (tertiary/aromatic N) is 6. The van der Waals surface area contributed by atoms with E-state index in [2.05, 4.69) is 47.2 Å². The SMILES string of the molecule is COc1cccc(-c2ncc(-c3ccnc(Nc4cccc(OCCCN5CCN(Cc6ccncc6)CC5)c4)n3)[nH]2)c1. The molecule has 1 aliphatic heterocycles. The van der Waals surface area contributed by atoms with Crippen LogP contribution in [0.25, 0.3) is 22.8 Å². The Labute approximate surface area is 251 Å². The average molecular weight is 577 g/mol. The molecule has 0 amide bonds. The molecule has 1 fully saturated rings. The van der Waals surface area contributed by atoms with Crippen LogP contribution in [0, 0.1) is 0 Å². The van der Waals surface area contributed by atoms with Gasteiger partial charge in [0.15, 0.2) is 0 Å². The van der Waals surface area contributed by atoms with Gasteiger partial charge in [-0.05, 0) is 54.4 Å². The number of rotatable bonds is 12. The Balaban J connectivity index is 0.973. The zero-order valence-corrected chi connectivity index (χ0v) is 24.3. The summed E-state index contributed by atoms with van der Waals surface area (Å²) >= 11 is 0. The number of methoxy groups -OCH3 is 1. The molecule has 0 radical (unpaired) electrons. The molecule has 3 aromatic heterocycles. The van der Waals surface area contributed by atoms with E-state index in [9.17, 15) is 0 Å². The highest BCUT2D eigenvalue weighted by Gasteiger charge is 2.16. The van der Waals surface area contributed by atoms with E-state index in [-0.39, 0.29) is 0 Å². The summed E-state index contributed by atoms with van der Waals surface area (Å²) in [6, 6.07) is 21.7. The minimum absolute atomic E-state index is 0.496. The number of aromatic nitrogens is 5. The van der Waals surface area contributed by atoms with Gasteiger partial charge in [-0.3, -0.25) is 9.88 Å². The number of aromatic amines is 1. The summed E-state index contributed by atoms with van der Waals surface area (Å²) < 4.78 is 11.4. The molecule has 0 saturated carbocycles. The lowest BCUT2D eigenvalue weighted by Gasteiger charge is -2.34. The molecule has 0 spiro atoms. The van der Waals surface area contributed by atoms with Crippen molar-refractivity contribution in [2.45, 2.75) is 13.0 Å². The van der Waals surface area contributed by atoms with Gasteiger partial charge < -0.3 is 24.7 Å². The zero-order chi connectivity index (χ0) is 29.3. The third-order valence-electron chi connectivity index (χ3n) is 7.45. The van der Waals surface area contributed by atoms with Crippen molar-refractivity contribution < 1.29 is 9.47 Å². The van der Waals surface area contributed by atoms with E-state index in [0.717, 1.165) is 85.7 Å². The van der Waals surface area contributed by atoms with Crippen molar-refractivity contribution in [3.8, 4) is 34.3 Å². The maximum Gasteiger partial charge on any atom is 0.227 e. The van der Waals surface area contributed by atoms with Crippen LogP contribution in [0.2, 0.25) is 0 Å². The fourth-order valence-electron chi connectivity index (χ4n) is 5.13. The minimum Gasteiger partial charge on any atom is -0.497 e. The second-order valence-electron chi connectivity index (χ2n) is 10.5. The van der Waals surface area contributed by atoms with Crippen LogP contribution in [0.15, 0.2) is 91.5 Å². The third-order valence-corrected chi connectivity index (χ3v) is 7.45. The van der Waals surface area contributed by atoms with E-state index in [0.29, 0.717) is 12.6 Å². The van der Waals surface area contributed by atoms with E-state index >= 15 is 0 Å². The number of hydrogen-bond donors (Lipinski definition) is 2. The van der Waals surface area contributed by atoms with Crippen LogP contribution in [0.4, 0.5) is 11.6 Å². The van der Waals surface area contributed by atoms with Crippen molar-refractivity contribution in [1.29, 1.82) is 0 Å². The quantitative estimate of drug-likeness (QED) is 0.192. The molecule has 1 saturated heterocycles. The lowest BCUT2D eigenvalue weighted by molar-refractivity contribution is 0.121. The van der Waals surface area contributed by atoms with Crippen LogP contribution in [0.1, 0.15) is 12.0 Å². The summed E-state index contributed by atoms with van der Waals surface area (Å²) in [6.45, 7) is 7.05. The smallest absolute Gasteiger partial charge is 0.227 e. The van der Waals surface area contributed by atoms with Crippen molar-refractivity contribution in [2.24, 2.45) is 0 Å². The Hall–Kier alpha value is -4.80. The first-order valence-electron chi connectivity index (χ1n) is 14.6. The highest BCUT2D eigenvalue weighted by atomic mass is 16.5. The Morgan fingerprint density at radius 3 is 2.53 bits per heavy atom. The number of imidazole rings is 1. The molecule has 2 aromatic carbocycles. The van der Waals surface area contributed by atoms with Gasteiger partial charge in [0.2, 0.25) is 5.95 Å². The van der Waals surface area contributed by atoms with E-state index in [1.165, 1.54) is 5.56 Å². The van der Waals surface area contributed by atoms with E-state index < -0.39 is 0 Å². The van der Waals surface area contributed by atoms with Crippen molar-refractivity contribution in [3.63, 3.8) is 0 Å². The molecule has 10 nitrogen and oxygen atoms in total. The number of hydrogen-bond acceptors (Lipinski definition) is 9. The van der Waals surface area contributed by atoms with Gasteiger partial charge in [-0.1, -0.05) is 18.2 Å². The predicted octanol–water partition coefficient (Wildman–Crippen LogP) is 5.27. The minimum atomic E-state index is 0.496. The summed E-state index contributed by atoms with van der Waals surface area (Å²) in [5.74, 6) is 2.84. The molecule has 0 aliphatic carbocycles. The van der Waals surface area contributed by atoms with Crippen molar-refractivity contribution in [3.05, 3.63) is 97.1 Å². The number of pyridine rings is 1. The fraction of sp³-hybridized carbons (Fsp3) is 0.273. The summed E-state index contributed by atoms with van der Waals surface area (Å²) in [7, 11) is 1.65. The van der Waals surface area contributed by atoms with Crippen LogP contribution < -0.4 is 14.8 Å². The van der Waals surface area contributed by atoms with Gasteiger partial charge in [-0.25, -0.2) is 15.0 Å². The highest BCUT2D eigenvalue weighted by molar-refractivity contribution is 5.64. The molecular weight excluding hydrogens is 540 g/mol. The molecule has 0 atom stereocenters. The summed E-state index contributed by atoms with van der Waals surface area (Å²) in [5, 5.41) is 3.30. The van der Waals surface area contributed by atoms with Gasteiger partial charge in [-0.15, -0.1) is 0 Å². The molecule has 1 aliphatic rings. The number of H-pyrrole nitrogens is 1. The highest BCUT2D eigenvalue weighted by Crippen LogP contribution is 2.25. The Morgan fingerprint density at radius 2 is 1.67 bits per heavy atom. The molecule has 5 aromatic rings. The number of nitrogens with one attached hydrogen (secondary N) is 2. The number of ether oxygens (including phenoxy) is 2. The largest absolute Gasteiger partial charge is 0.497 e.